The zero-order valence-corrected chi connectivity index (χ0v) is 15.0. The smallest absolute Gasteiger partial charge is 0.323 e. The van der Waals surface area contributed by atoms with Gasteiger partial charge >= 0.3 is 5.97 Å². The third kappa shape index (κ3) is 3.30. The summed E-state index contributed by atoms with van der Waals surface area (Å²) in [6.07, 6.45) is 0.694. The third-order valence-corrected chi connectivity index (χ3v) is 5.60. The normalized spacial score (nSPS) is 17.4. The number of thiazole rings is 1. The van der Waals surface area contributed by atoms with Crippen LogP contribution in [0.5, 0.6) is 0 Å². The molecule has 0 aliphatic carbocycles. The van der Waals surface area contributed by atoms with Crippen molar-refractivity contribution in [3.63, 3.8) is 0 Å². The van der Waals surface area contributed by atoms with Gasteiger partial charge in [0.25, 0.3) is 0 Å². The zero-order chi connectivity index (χ0) is 17.2. The summed E-state index contributed by atoms with van der Waals surface area (Å²) >= 11 is 1.69. The van der Waals surface area contributed by atoms with Crippen LogP contribution in [0.4, 0.5) is 0 Å². The molecule has 1 aliphatic heterocycles. The molecule has 0 spiro atoms. The lowest BCUT2D eigenvalue weighted by molar-refractivity contribution is -0.150. The Labute approximate surface area is 151 Å². The molecule has 3 aromatic rings. The fourth-order valence-electron chi connectivity index (χ4n) is 3.38. The van der Waals surface area contributed by atoms with Gasteiger partial charge in [-0.15, -0.1) is 11.3 Å². The molecule has 1 unspecified atom stereocenters. The Morgan fingerprint density at radius 1 is 1.20 bits per heavy atom. The summed E-state index contributed by atoms with van der Waals surface area (Å²) in [5.74, 6) is -0.141. The van der Waals surface area contributed by atoms with Crippen LogP contribution in [0.2, 0.25) is 0 Å². The molecule has 2 aromatic carbocycles. The van der Waals surface area contributed by atoms with Crippen LogP contribution >= 0.6 is 11.3 Å². The van der Waals surface area contributed by atoms with E-state index in [9.17, 15) is 4.79 Å². The summed E-state index contributed by atoms with van der Waals surface area (Å²) in [5.41, 5.74) is 3.54. The molecular weight excluding hydrogens is 332 g/mol. The highest BCUT2D eigenvalue weighted by atomic mass is 32.1. The van der Waals surface area contributed by atoms with Crippen molar-refractivity contribution in [3.05, 3.63) is 64.7 Å². The van der Waals surface area contributed by atoms with E-state index in [2.05, 4.69) is 29.2 Å². The maximum absolute atomic E-state index is 12.5. The van der Waals surface area contributed by atoms with Crippen molar-refractivity contribution in [2.75, 3.05) is 6.61 Å². The van der Waals surface area contributed by atoms with Crippen molar-refractivity contribution in [1.29, 1.82) is 0 Å². The minimum Gasteiger partial charge on any atom is -0.465 e. The molecule has 0 N–H and O–H groups in total. The van der Waals surface area contributed by atoms with E-state index in [1.807, 2.05) is 31.2 Å². The quantitative estimate of drug-likeness (QED) is 0.670. The Bertz CT molecular complexity index is 872. The second-order valence-corrected chi connectivity index (χ2v) is 7.34. The molecule has 0 saturated heterocycles. The molecule has 0 radical (unpaired) electrons. The Morgan fingerprint density at radius 3 is 2.76 bits per heavy atom. The van der Waals surface area contributed by atoms with E-state index in [0.29, 0.717) is 19.6 Å². The van der Waals surface area contributed by atoms with Gasteiger partial charge in [0.2, 0.25) is 0 Å². The van der Waals surface area contributed by atoms with Gasteiger partial charge in [0.1, 0.15) is 11.0 Å². The van der Waals surface area contributed by atoms with Crippen molar-refractivity contribution in [2.45, 2.75) is 32.5 Å². The second kappa shape index (κ2) is 6.94. The predicted octanol–water partition coefficient (Wildman–Crippen LogP) is 3.79. The van der Waals surface area contributed by atoms with E-state index in [-0.39, 0.29) is 12.0 Å². The first-order chi connectivity index (χ1) is 12.2. The Kier molecular flexibility index (Phi) is 4.51. The van der Waals surface area contributed by atoms with Gasteiger partial charge in [-0.1, -0.05) is 36.4 Å². The first-order valence-electron chi connectivity index (χ1n) is 8.56. The topological polar surface area (TPSA) is 42.4 Å². The molecule has 4 nitrogen and oxygen atoms in total. The molecule has 0 bridgehead atoms. The molecule has 1 atom stereocenters. The number of carbonyl (C=O) groups excluding carboxylic acids is 1. The van der Waals surface area contributed by atoms with Crippen molar-refractivity contribution < 1.29 is 9.53 Å². The van der Waals surface area contributed by atoms with E-state index in [0.717, 1.165) is 17.1 Å². The predicted molar refractivity (Wildman–Crippen MR) is 99.4 cm³/mol. The number of para-hydroxylation sites is 1. The van der Waals surface area contributed by atoms with E-state index < -0.39 is 0 Å². The molecule has 0 saturated carbocycles. The van der Waals surface area contributed by atoms with Crippen LogP contribution in [-0.4, -0.2) is 28.5 Å². The third-order valence-electron chi connectivity index (χ3n) is 4.58. The highest BCUT2D eigenvalue weighted by Gasteiger charge is 2.33. The Hall–Kier alpha value is -2.24. The molecule has 0 fully saturated rings. The number of ether oxygens (including phenoxy) is 1. The van der Waals surface area contributed by atoms with Gasteiger partial charge in [0, 0.05) is 6.54 Å². The molecule has 1 aromatic heterocycles. The van der Waals surface area contributed by atoms with Crippen LogP contribution in [0.1, 0.15) is 23.1 Å². The van der Waals surface area contributed by atoms with Crippen LogP contribution in [0.25, 0.3) is 10.2 Å². The molecule has 4 rings (SSSR count). The van der Waals surface area contributed by atoms with Crippen LogP contribution in [-0.2, 0) is 29.0 Å². The molecular formula is C20H20N2O2S. The first kappa shape index (κ1) is 16.2. The molecule has 128 valence electrons. The summed E-state index contributed by atoms with van der Waals surface area (Å²) in [4.78, 5) is 19.4. The van der Waals surface area contributed by atoms with Crippen LogP contribution < -0.4 is 0 Å². The van der Waals surface area contributed by atoms with Crippen molar-refractivity contribution in [3.8, 4) is 0 Å². The van der Waals surface area contributed by atoms with Gasteiger partial charge < -0.3 is 4.74 Å². The monoisotopic (exact) mass is 352 g/mol. The van der Waals surface area contributed by atoms with Gasteiger partial charge in [-0.25, -0.2) is 4.98 Å². The van der Waals surface area contributed by atoms with E-state index in [4.69, 9.17) is 9.72 Å². The zero-order valence-electron chi connectivity index (χ0n) is 14.1. The second-order valence-electron chi connectivity index (χ2n) is 6.22. The number of hydrogen-bond donors (Lipinski definition) is 0. The summed E-state index contributed by atoms with van der Waals surface area (Å²) < 4.78 is 6.51. The number of aromatic nitrogens is 1. The lowest BCUT2D eigenvalue weighted by Gasteiger charge is -2.34. The maximum Gasteiger partial charge on any atom is 0.323 e. The minimum atomic E-state index is -0.248. The summed E-state index contributed by atoms with van der Waals surface area (Å²) in [7, 11) is 0. The number of hydrogen-bond acceptors (Lipinski definition) is 5. The number of rotatable bonds is 4. The number of esters is 1. The van der Waals surface area contributed by atoms with E-state index in [1.54, 1.807) is 11.3 Å². The lowest BCUT2D eigenvalue weighted by atomic mass is 9.94. The van der Waals surface area contributed by atoms with Gasteiger partial charge in [-0.2, -0.15) is 0 Å². The Balaban J connectivity index is 1.63. The average Bonchev–Trinajstić information content (AvgIpc) is 3.03. The number of fused-ring (bicyclic) bond motifs is 2. The van der Waals surface area contributed by atoms with Crippen LogP contribution in [0.3, 0.4) is 0 Å². The van der Waals surface area contributed by atoms with Gasteiger partial charge in [0.05, 0.1) is 23.4 Å². The summed E-state index contributed by atoms with van der Waals surface area (Å²) in [6, 6.07) is 16.2. The molecule has 2 heterocycles. The van der Waals surface area contributed by atoms with Gasteiger partial charge in [-0.3, -0.25) is 9.69 Å². The fraction of sp³-hybridized carbons (Fsp3) is 0.300. The lowest BCUT2D eigenvalue weighted by Crippen LogP contribution is -2.45. The van der Waals surface area contributed by atoms with Crippen molar-refractivity contribution in [2.24, 2.45) is 0 Å². The summed E-state index contributed by atoms with van der Waals surface area (Å²) in [5, 5.41) is 1.04. The van der Waals surface area contributed by atoms with Gasteiger partial charge in [0.15, 0.2) is 0 Å². The number of carbonyl (C=O) groups is 1. The fourth-order valence-corrected chi connectivity index (χ4v) is 4.37. The molecule has 0 amide bonds. The molecule has 25 heavy (non-hydrogen) atoms. The first-order valence-corrected chi connectivity index (χ1v) is 9.38. The summed E-state index contributed by atoms with van der Waals surface area (Å²) in [6.45, 7) is 3.67. The number of nitrogens with zero attached hydrogens (tertiary/aromatic N) is 2. The molecule has 5 heteroatoms. The standard InChI is InChI=1S/C20H20N2O2S/c1-2-24-20(23)17-11-14-7-3-4-8-15(14)12-22(17)13-19-21-16-9-5-6-10-18(16)25-19/h3-10,17H,2,11-13H2,1H3. The molecule has 1 aliphatic rings. The Morgan fingerprint density at radius 2 is 1.96 bits per heavy atom. The maximum atomic E-state index is 12.5. The highest BCUT2D eigenvalue weighted by molar-refractivity contribution is 7.18. The highest BCUT2D eigenvalue weighted by Crippen LogP contribution is 2.28. The number of benzene rings is 2. The van der Waals surface area contributed by atoms with Gasteiger partial charge in [-0.05, 0) is 36.6 Å². The average molecular weight is 352 g/mol. The SMILES string of the molecule is CCOC(=O)C1Cc2ccccc2CN1Cc1nc2ccccc2s1. The minimum absolute atomic E-state index is 0.141. The van der Waals surface area contributed by atoms with E-state index >= 15 is 0 Å². The largest absolute Gasteiger partial charge is 0.465 e. The van der Waals surface area contributed by atoms with Crippen LogP contribution in [0, 0.1) is 0 Å². The van der Waals surface area contributed by atoms with Crippen molar-refractivity contribution >= 4 is 27.5 Å². The van der Waals surface area contributed by atoms with Crippen molar-refractivity contribution in [1.82, 2.24) is 9.88 Å². The van der Waals surface area contributed by atoms with Crippen LogP contribution in [0.15, 0.2) is 48.5 Å². The van der Waals surface area contributed by atoms with E-state index in [1.165, 1.54) is 15.8 Å².